The monoisotopic (exact) mass is 374 g/mol. The van der Waals surface area contributed by atoms with Gasteiger partial charge in [-0.1, -0.05) is 42.0 Å². The number of amides is 1. The third-order valence-electron chi connectivity index (χ3n) is 6.11. The van der Waals surface area contributed by atoms with Crippen molar-refractivity contribution in [2.45, 2.75) is 31.7 Å². The maximum Gasteiger partial charge on any atom is 0.255 e. The van der Waals surface area contributed by atoms with Crippen LogP contribution in [0.1, 0.15) is 45.8 Å². The van der Waals surface area contributed by atoms with Gasteiger partial charge in [-0.2, -0.15) is 5.26 Å². The van der Waals surface area contributed by atoms with Gasteiger partial charge in [-0.15, -0.1) is 0 Å². The Balaban J connectivity index is 1.42. The van der Waals surface area contributed by atoms with E-state index in [9.17, 15) is 10.1 Å². The molecule has 28 heavy (non-hydrogen) atoms. The summed E-state index contributed by atoms with van der Waals surface area (Å²) < 4.78 is 0. The maximum atomic E-state index is 12.9. The van der Waals surface area contributed by atoms with Crippen LogP contribution in [0.25, 0.3) is 0 Å². The van der Waals surface area contributed by atoms with Crippen LogP contribution in [0.3, 0.4) is 0 Å². The van der Waals surface area contributed by atoms with E-state index in [1.165, 1.54) is 11.1 Å². The first-order chi connectivity index (χ1) is 13.7. The average Bonchev–Trinajstić information content (AvgIpc) is 3.23. The van der Waals surface area contributed by atoms with Crippen LogP contribution in [0.4, 0.5) is 0 Å². The van der Waals surface area contributed by atoms with Crippen molar-refractivity contribution < 1.29 is 4.79 Å². The van der Waals surface area contributed by atoms with Crippen LogP contribution in [0, 0.1) is 24.2 Å². The van der Waals surface area contributed by atoms with E-state index in [1.807, 2.05) is 11.0 Å². The molecule has 2 aromatic carbocycles. The number of carbonyl (C=O) groups excluding carboxylic acids is 1. The number of nitriles is 1. The van der Waals surface area contributed by atoms with Crippen LogP contribution in [0.5, 0.6) is 0 Å². The van der Waals surface area contributed by atoms with Crippen molar-refractivity contribution in [3.8, 4) is 6.07 Å². The molecule has 0 spiro atoms. The first-order valence-electron chi connectivity index (χ1n) is 10.0. The van der Waals surface area contributed by atoms with Crippen LogP contribution in [0.15, 0.2) is 48.5 Å². The van der Waals surface area contributed by atoms with E-state index in [0.717, 1.165) is 32.5 Å². The van der Waals surface area contributed by atoms with Gasteiger partial charge < -0.3 is 4.90 Å². The molecule has 2 aliphatic rings. The summed E-state index contributed by atoms with van der Waals surface area (Å²) in [6.45, 7) is 4.55. The summed E-state index contributed by atoms with van der Waals surface area (Å²) in [7, 11) is 0. The van der Waals surface area contributed by atoms with Crippen LogP contribution in [-0.2, 0) is 0 Å². The lowest BCUT2D eigenvalue weighted by Crippen LogP contribution is -2.45. The van der Waals surface area contributed by atoms with Gasteiger partial charge >= 0.3 is 0 Å². The number of nitrogens with one attached hydrogen (secondary N) is 2. The first kappa shape index (κ1) is 18.7. The van der Waals surface area contributed by atoms with Crippen molar-refractivity contribution in [1.82, 2.24) is 15.8 Å². The molecule has 2 atom stereocenters. The largest absolute Gasteiger partial charge is 0.339 e. The van der Waals surface area contributed by atoms with Crippen molar-refractivity contribution >= 4 is 5.91 Å². The average molecular weight is 374 g/mol. The minimum Gasteiger partial charge on any atom is -0.339 e. The van der Waals surface area contributed by atoms with Crippen LogP contribution < -0.4 is 10.9 Å². The minimum atomic E-state index is -0.0247. The van der Waals surface area contributed by atoms with Gasteiger partial charge in [0.2, 0.25) is 0 Å². The number of nitrogens with zero attached hydrogens (tertiary/aromatic N) is 2. The van der Waals surface area contributed by atoms with Crippen LogP contribution >= 0.6 is 0 Å². The molecule has 0 saturated carbocycles. The van der Waals surface area contributed by atoms with E-state index in [-0.39, 0.29) is 5.91 Å². The van der Waals surface area contributed by atoms with E-state index in [2.05, 4.69) is 48.1 Å². The first-order valence-corrected chi connectivity index (χ1v) is 10.0. The Morgan fingerprint density at radius 2 is 1.93 bits per heavy atom. The molecule has 2 fully saturated rings. The smallest absolute Gasteiger partial charge is 0.255 e. The standard InChI is InChI=1S/C23H26N4O/c1-16-5-4-7-18(13-16)21-15-25-26-22(21)17-9-11-27(12-10-17)23(28)20-8-3-2-6-19(20)14-24/h2-8,13,17,21-22,25-26H,9-12,15H2,1H3. The Bertz CT molecular complexity index is 895. The van der Waals surface area contributed by atoms with E-state index in [4.69, 9.17) is 0 Å². The van der Waals surface area contributed by atoms with E-state index < -0.39 is 0 Å². The minimum absolute atomic E-state index is 0.0247. The summed E-state index contributed by atoms with van der Waals surface area (Å²) in [4.78, 5) is 14.8. The van der Waals surface area contributed by atoms with E-state index >= 15 is 0 Å². The molecule has 0 aromatic heterocycles. The SMILES string of the molecule is Cc1cccc(C2CNNC2C2CCN(C(=O)c3ccccc3C#N)CC2)c1. The van der Waals surface area contributed by atoms with E-state index in [1.54, 1.807) is 18.2 Å². The molecule has 2 unspecified atom stereocenters. The van der Waals surface area contributed by atoms with Gasteiger partial charge in [-0.3, -0.25) is 15.6 Å². The molecule has 144 valence electrons. The van der Waals surface area contributed by atoms with Gasteiger partial charge in [0.1, 0.15) is 0 Å². The van der Waals surface area contributed by atoms with Crippen molar-refractivity contribution in [2.75, 3.05) is 19.6 Å². The molecular formula is C23H26N4O. The highest BCUT2D eigenvalue weighted by molar-refractivity contribution is 5.96. The Hall–Kier alpha value is -2.68. The lowest BCUT2D eigenvalue weighted by Gasteiger charge is -2.36. The molecule has 5 heteroatoms. The van der Waals surface area contributed by atoms with Gasteiger partial charge in [0.15, 0.2) is 0 Å². The van der Waals surface area contributed by atoms with Crippen molar-refractivity contribution in [3.05, 3.63) is 70.8 Å². The van der Waals surface area contributed by atoms with Crippen molar-refractivity contribution in [2.24, 2.45) is 5.92 Å². The molecular weight excluding hydrogens is 348 g/mol. The highest BCUT2D eigenvalue weighted by Crippen LogP contribution is 2.33. The van der Waals surface area contributed by atoms with Gasteiger partial charge in [0, 0.05) is 31.6 Å². The van der Waals surface area contributed by atoms with Gasteiger partial charge in [0.05, 0.1) is 17.2 Å². The molecule has 0 aliphatic carbocycles. The predicted molar refractivity (Wildman–Crippen MR) is 109 cm³/mol. The Morgan fingerprint density at radius 1 is 1.14 bits per heavy atom. The molecule has 0 bridgehead atoms. The topological polar surface area (TPSA) is 68.2 Å². The highest BCUT2D eigenvalue weighted by atomic mass is 16.2. The molecule has 2 aliphatic heterocycles. The van der Waals surface area contributed by atoms with Crippen LogP contribution in [0.2, 0.25) is 0 Å². The number of aryl methyl sites for hydroxylation is 1. The summed E-state index contributed by atoms with van der Waals surface area (Å²) in [5, 5.41) is 9.27. The third kappa shape index (κ3) is 3.66. The second-order valence-electron chi connectivity index (χ2n) is 7.86. The summed E-state index contributed by atoms with van der Waals surface area (Å²) >= 11 is 0. The highest BCUT2D eigenvalue weighted by Gasteiger charge is 2.37. The number of hydrazine groups is 1. The molecule has 2 N–H and O–H groups in total. The normalized spacial score (nSPS) is 22.8. The fraction of sp³-hybridized carbons (Fsp3) is 0.391. The molecule has 0 radical (unpaired) electrons. The molecule has 2 saturated heterocycles. The zero-order chi connectivity index (χ0) is 19.5. The summed E-state index contributed by atoms with van der Waals surface area (Å²) in [6, 6.07) is 18.4. The summed E-state index contributed by atoms with van der Waals surface area (Å²) in [6.07, 6.45) is 1.95. The number of carbonyl (C=O) groups is 1. The second kappa shape index (κ2) is 8.14. The van der Waals surface area contributed by atoms with Gasteiger partial charge in [-0.25, -0.2) is 0 Å². The quantitative estimate of drug-likeness (QED) is 0.867. The number of hydrogen-bond acceptors (Lipinski definition) is 4. The van der Waals surface area contributed by atoms with Gasteiger partial charge in [0.25, 0.3) is 5.91 Å². The number of hydrogen-bond donors (Lipinski definition) is 2. The zero-order valence-electron chi connectivity index (χ0n) is 16.2. The molecule has 5 nitrogen and oxygen atoms in total. The summed E-state index contributed by atoms with van der Waals surface area (Å²) in [5.41, 5.74) is 10.5. The Labute approximate surface area is 166 Å². The van der Waals surface area contributed by atoms with Crippen LogP contribution in [-0.4, -0.2) is 36.5 Å². The molecule has 4 rings (SSSR count). The lowest BCUT2D eigenvalue weighted by atomic mass is 9.80. The lowest BCUT2D eigenvalue weighted by molar-refractivity contribution is 0.0669. The third-order valence-corrected chi connectivity index (χ3v) is 6.11. The Morgan fingerprint density at radius 3 is 2.68 bits per heavy atom. The fourth-order valence-electron chi connectivity index (χ4n) is 4.59. The number of benzene rings is 2. The summed E-state index contributed by atoms with van der Waals surface area (Å²) in [5.74, 6) is 0.950. The number of likely N-dealkylation sites (tertiary alicyclic amines) is 1. The maximum absolute atomic E-state index is 12.9. The molecule has 1 amide bonds. The number of piperidine rings is 1. The van der Waals surface area contributed by atoms with Crippen molar-refractivity contribution in [3.63, 3.8) is 0 Å². The fourth-order valence-corrected chi connectivity index (χ4v) is 4.59. The molecule has 2 aromatic rings. The van der Waals surface area contributed by atoms with E-state index in [0.29, 0.717) is 29.0 Å². The predicted octanol–water partition coefficient (Wildman–Crippen LogP) is 2.98. The molecule has 2 heterocycles. The zero-order valence-corrected chi connectivity index (χ0v) is 16.2. The second-order valence-corrected chi connectivity index (χ2v) is 7.86. The van der Waals surface area contributed by atoms with Gasteiger partial charge in [-0.05, 0) is 43.4 Å². The Kier molecular flexibility index (Phi) is 5.43. The number of rotatable bonds is 3. The van der Waals surface area contributed by atoms with Crippen molar-refractivity contribution in [1.29, 1.82) is 5.26 Å².